The molecule has 28 heavy (non-hydrogen) atoms. The Balaban J connectivity index is 1.47. The monoisotopic (exact) mass is 384 g/mol. The van der Waals surface area contributed by atoms with Crippen molar-refractivity contribution in [2.45, 2.75) is 106 Å². The van der Waals surface area contributed by atoms with Crippen molar-refractivity contribution in [3.05, 3.63) is 12.2 Å². The SMILES string of the molecule is CC(C)[C@H](C)CC[C@@H](C)[C@@H]1CC[C@@H]2[C@@H]3CC[C@H]4CC=CC[C@]4(C)[C@H]3CC[C@@]21C. The summed E-state index contributed by atoms with van der Waals surface area (Å²) < 4.78 is 0. The molecule has 3 saturated carbocycles. The maximum atomic E-state index is 2.74. The fourth-order valence-corrected chi connectivity index (χ4v) is 8.87. The van der Waals surface area contributed by atoms with Gasteiger partial charge in [-0.25, -0.2) is 0 Å². The molecule has 0 bridgehead atoms. The fourth-order valence-electron chi connectivity index (χ4n) is 8.87. The first-order chi connectivity index (χ1) is 13.3. The van der Waals surface area contributed by atoms with Gasteiger partial charge in [0.25, 0.3) is 0 Å². The molecule has 0 aromatic heterocycles. The van der Waals surface area contributed by atoms with E-state index in [4.69, 9.17) is 0 Å². The maximum absolute atomic E-state index is 2.74. The second kappa shape index (κ2) is 7.77. The highest BCUT2D eigenvalue weighted by Gasteiger charge is 2.59. The molecule has 0 N–H and O–H groups in total. The van der Waals surface area contributed by atoms with Gasteiger partial charge in [-0.2, -0.15) is 0 Å². The van der Waals surface area contributed by atoms with Gasteiger partial charge in [-0.15, -0.1) is 0 Å². The lowest BCUT2D eigenvalue weighted by Crippen LogP contribution is -2.52. The average Bonchev–Trinajstić information content (AvgIpc) is 3.02. The molecule has 160 valence electrons. The molecule has 3 fully saturated rings. The van der Waals surface area contributed by atoms with Gasteiger partial charge in [0.15, 0.2) is 0 Å². The molecule has 0 heterocycles. The summed E-state index contributed by atoms with van der Waals surface area (Å²) in [6, 6.07) is 0. The van der Waals surface area contributed by atoms with Crippen LogP contribution in [-0.4, -0.2) is 0 Å². The van der Waals surface area contributed by atoms with Crippen LogP contribution in [0.4, 0.5) is 0 Å². The van der Waals surface area contributed by atoms with E-state index in [1.807, 2.05) is 0 Å². The fraction of sp³-hybridized carbons (Fsp3) is 0.929. The standard InChI is InChI=1S/C28H48/c1-19(2)20(3)10-11-21(4)24-14-15-25-23-13-12-22-9-7-8-17-27(22,5)26(23)16-18-28(24,25)6/h7-8,19-26H,9-18H2,1-6H3/t20-,21-,22-,23+,24+,25-,26+,27+,28-/m1/s1. The van der Waals surface area contributed by atoms with Crippen LogP contribution >= 0.6 is 0 Å². The van der Waals surface area contributed by atoms with E-state index in [0.29, 0.717) is 10.8 Å². The predicted octanol–water partition coefficient (Wildman–Crippen LogP) is 8.52. The zero-order chi connectivity index (χ0) is 20.1. The topological polar surface area (TPSA) is 0 Å². The molecular formula is C28H48. The molecule has 4 aliphatic rings. The van der Waals surface area contributed by atoms with E-state index in [1.54, 1.807) is 12.8 Å². The largest absolute Gasteiger partial charge is 0.0882 e. The van der Waals surface area contributed by atoms with Crippen molar-refractivity contribution in [1.29, 1.82) is 0 Å². The van der Waals surface area contributed by atoms with Crippen molar-refractivity contribution in [3.8, 4) is 0 Å². The highest BCUT2D eigenvalue weighted by atomic mass is 14.6. The Kier molecular flexibility index (Phi) is 5.83. The highest BCUT2D eigenvalue weighted by molar-refractivity contribution is 5.12. The Morgan fingerprint density at radius 3 is 2.32 bits per heavy atom. The molecule has 9 atom stereocenters. The Hall–Kier alpha value is -0.260. The predicted molar refractivity (Wildman–Crippen MR) is 122 cm³/mol. The smallest absolute Gasteiger partial charge is 0.0229 e. The van der Waals surface area contributed by atoms with Crippen LogP contribution in [0.25, 0.3) is 0 Å². The van der Waals surface area contributed by atoms with Crippen molar-refractivity contribution in [2.75, 3.05) is 0 Å². The Bertz CT molecular complexity index is 573. The normalized spacial score (nSPS) is 47.3. The first-order valence-electron chi connectivity index (χ1n) is 12.9. The van der Waals surface area contributed by atoms with Gasteiger partial charge in [-0.05, 0) is 110 Å². The third-order valence-electron chi connectivity index (χ3n) is 11.2. The second-order valence-corrected chi connectivity index (χ2v) is 12.6. The summed E-state index contributed by atoms with van der Waals surface area (Å²) in [5.41, 5.74) is 1.27. The summed E-state index contributed by atoms with van der Waals surface area (Å²) in [6.45, 7) is 15.3. The number of fused-ring (bicyclic) bond motifs is 5. The highest BCUT2D eigenvalue weighted by Crippen LogP contribution is 2.68. The summed E-state index contributed by atoms with van der Waals surface area (Å²) in [7, 11) is 0. The van der Waals surface area contributed by atoms with Gasteiger partial charge in [-0.3, -0.25) is 0 Å². The van der Waals surface area contributed by atoms with Gasteiger partial charge in [0.05, 0.1) is 0 Å². The molecule has 0 heteroatoms. The van der Waals surface area contributed by atoms with E-state index < -0.39 is 0 Å². The molecule has 4 rings (SSSR count). The Morgan fingerprint density at radius 1 is 0.821 bits per heavy atom. The van der Waals surface area contributed by atoms with Crippen LogP contribution in [0.15, 0.2) is 12.2 Å². The average molecular weight is 385 g/mol. The first kappa shape index (κ1) is 21.0. The van der Waals surface area contributed by atoms with Gasteiger partial charge in [0, 0.05) is 0 Å². The third-order valence-corrected chi connectivity index (χ3v) is 11.2. The lowest BCUT2D eigenvalue weighted by molar-refractivity contribution is -0.101. The number of rotatable bonds is 5. The summed E-state index contributed by atoms with van der Waals surface area (Å²) in [5.74, 6) is 7.73. The number of hydrogen-bond acceptors (Lipinski definition) is 0. The maximum Gasteiger partial charge on any atom is -0.0229 e. The molecule has 0 radical (unpaired) electrons. The van der Waals surface area contributed by atoms with Crippen LogP contribution in [0.3, 0.4) is 0 Å². The van der Waals surface area contributed by atoms with Crippen LogP contribution in [0.2, 0.25) is 0 Å². The quantitative estimate of drug-likeness (QED) is 0.417. The lowest BCUT2D eigenvalue weighted by Gasteiger charge is -2.60. The minimum Gasteiger partial charge on any atom is -0.0882 e. The van der Waals surface area contributed by atoms with E-state index in [9.17, 15) is 0 Å². The molecule has 0 spiro atoms. The van der Waals surface area contributed by atoms with Crippen LogP contribution in [-0.2, 0) is 0 Å². The summed E-state index contributed by atoms with van der Waals surface area (Å²) in [4.78, 5) is 0. The lowest BCUT2D eigenvalue weighted by atomic mass is 9.45. The van der Waals surface area contributed by atoms with E-state index in [1.165, 1.54) is 51.4 Å². The Morgan fingerprint density at radius 2 is 1.57 bits per heavy atom. The summed E-state index contributed by atoms with van der Waals surface area (Å²) >= 11 is 0. The number of allylic oxidation sites excluding steroid dienone is 2. The molecule has 0 aliphatic heterocycles. The molecule has 0 aromatic carbocycles. The van der Waals surface area contributed by atoms with Crippen LogP contribution < -0.4 is 0 Å². The van der Waals surface area contributed by atoms with Gasteiger partial charge in [0.2, 0.25) is 0 Å². The zero-order valence-corrected chi connectivity index (χ0v) is 19.8. The minimum absolute atomic E-state index is 0.620. The van der Waals surface area contributed by atoms with Crippen molar-refractivity contribution in [1.82, 2.24) is 0 Å². The number of hydrogen-bond donors (Lipinski definition) is 0. The van der Waals surface area contributed by atoms with E-state index in [-0.39, 0.29) is 0 Å². The Labute approximate surface area is 176 Å². The van der Waals surface area contributed by atoms with Gasteiger partial charge < -0.3 is 0 Å². The minimum atomic E-state index is 0.620. The first-order valence-corrected chi connectivity index (χ1v) is 12.9. The van der Waals surface area contributed by atoms with E-state index >= 15 is 0 Å². The molecule has 0 aromatic rings. The summed E-state index contributed by atoms with van der Waals surface area (Å²) in [5, 5.41) is 0. The molecular weight excluding hydrogens is 336 g/mol. The van der Waals surface area contributed by atoms with Crippen LogP contribution in [0.5, 0.6) is 0 Å². The molecule has 0 saturated heterocycles. The van der Waals surface area contributed by atoms with Crippen LogP contribution in [0.1, 0.15) is 106 Å². The van der Waals surface area contributed by atoms with E-state index in [0.717, 1.165) is 47.3 Å². The van der Waals surface area contributed by atoms with Crippen molar-refractivity contribution in [2.24, 2.45) is 58.2 Å². The van der Waals surface area contributed by atoms with E-state index in [2.05, 4.69) is 53.7 Å². The summed E-state index contributed by atoms with van der Waals surface area (Å²) in [6.07, 6.45) is 19.9. The van der Waals surface area contributed by atoms with Crippen LogP contribution in [0, 0.1) is 58.2 Å². The molecule has 0 unspecified atom stereocenters. The van der Waals surface area contributed by atoms with Gasteiger partial charge >= 0.3 is 0 Å². The van der Waals surface area contributed by atoms with Crippen molar-refractivity contribution >= 4 is 0 Å². The van der Waals surface area contributed by atoms with Crippen molar-refractivity contribution in [3.63, 3.8) is 0 Å². The zero-order valence-electron chi connectivity index (χ0n) is 19.8. The third kappa shape index (κ3) is 3.33. The molecule has 4 aliphatic carbocycles. The second-order valence-electron chi connectivity index (χ2n) is 12.6. The molecule has 0 nitrogen and oxygen atoms in total. The molecule has 0 amide bonds. The van der Waals surface area contributed by atoms with Gasteiger partial charge in [0.1, 0.15) is 0 Å². The van der Waals surface area contributed by atoms with Gasteiger partial charge in [-0.1, -0.05) is 66.5 Å². The van der Waals surface area contributed by atoms with Crippen molar-refractivity contribution < 1.29 is 0 Å².